The van der Waals surface area contributed by atoms with Crippen molar-refractivity contribution in [3.8, 4) is 0 Å². The number of amides is 2. The van der Waals surface area contributed by atoms with Crippen molar-refractivity contribution in [3.05, 3.63) is 82.9 Å². The molecule has 7 heteroatoms. The van der Waals surface area contributed by atoms with E-state index in [1.807, 2.05) is 42.5 Å². The number of nitrogens with one attached hydrogen (secondary N) is 2. The van der Waals surface area contributed by atoms with Gasteiger partial charge in [-0.05, 0) is 98.6 Å². The molecule has 0 bridgehead atoms. The maximum atomic E-state index is 14.3. The van der Waals surface area contributed by atoms with Gasteiger partial charge in [-0.15, -0.1) is 0 Å². The van der Waals surface area contributed by atoms with E-state index in [9.17, 15) is 9.59 Å². The fourth-order valence-electron chi connectivity index (χ4n) is 7.14. The van der Waals surface area contributed by atoms with Gasteiger partial charge in [-0.2, -0.15) is 0 Å². The van der Waals surface area contributed by atoms with Gasteiger partial charge < -0.3 is 20.4 Å². The van der Waals surface area contributed by atoms with E-state index < -0.39 is 0 Å². The first-order chi connectivity index (χ1) is 21.4. The van der Waals surface area contributed by atoms with Crippen LogP contribution in [0.15, 0.2) is 66.7 Å². The summed E-state index contributed by atoms with van der Waals surface area (Å²) in [6, 6.07) is 22.4. The van der Waals surface area contributed by atoms with Gasteiger partial charge in [0.25, 0.3) is 5.91 Å². The fraction of sp³-hybridized carbons (Fsp3) is 0.514. The lowest BCUT2D eigenvalue weighted by Gasteiger charge is -2.40. The molecule has 2 heterocycles. The number of fused-ring (bicyclic) bond motifs is 1. The van der Waals surface area contributed by atoms with E-state index in [0.717, 1.165) is 56.1 Å². The highest BCUT2D eigenvalue weighted by Gasteiger charge is 2.38. The number of carbonyl (C=O) groups is 2. The average Bonchev–Trinajstić information content (AvgIpc) is 3.20. The van der Waals surface area contributed by atoms with Gasteiger partial charge in [0.15, 0.2) is 0 Å². The zero-order valence-electron chi connectivity index (χ0n) is 26.6. The van der Waals surface area contributed by atoms with E-state index >= 15 is 0 Å². The molecule has 236 valence electrons. The topological polar surface area (TPSA) is 64.7 Å². The van der Waals surface area contributed by atoms with Gasteiger partial charge in [0.2, 0.25) is 5.91 Å². The van der Waals surface area contributed by atoms with Crippen LogP contribution in [0.25, 0.3) is 10.8 Å². The summed E-state index contributed by atoms with van der Waals surface area (Å²) in [6.45, 7) is 10.8. The molecular weight excluding hydrogens is 568 g/mol. The Hall–Kier alpha value is -2.93. The molecule has 4 atom stereocenters. The average molecular weight is 617 g/mol. The van der Waals surface area contributed by atoms with Crippen LogP contribution < -0.4 is 10.6 Å². The Morgan fingerprint density at radius 2 is 1.70 bits per heavy atom. The van der Waals surface area contributed by atoms with E-state index in [1.165, 1.54) is 18.4 Å². The Bertz CT molecular complexity index is 1390. The zero-order valence-corrected chi connectivity index (χ0v) is 27.4. The summed E-state index contributed by atoms with van der Waals surface area (Å²) in [7, 11) is 0. The van der Waals surface area contributed by atoms with Gasteiger partial charge in [0, 0.05) is 48.2 Å². The van der Waals surface area contributed by atoms with Crippen molar-refractivity contribution in [1.82, 2.24) is 20.4 Å². The van der Waals surface area contributed by atoms with Crippen LogP contribution in [0.1, 0.15) is 81.1 Å². The maximum Gasteiger partial charge on any atom is 0.251 e. The number of nitrogens with zero attached hydrogens (tertiary/aromatic N) is 2. The van der Waals surface area contributed by atoms with Crippen molar-refractivity contribution in [2.75, 3.05) is 32.7 Å². The van der Waals surface area contributed by atoms with Crippen LogP contribution in [0.5, 0.6) is 0 Å². The molecule has 2 aliphatic rings. The van der Waals surface area contributed by atoms with E-state index in [1.54, 1.807) is 0 Å². The number of hydrogen-bond acceptors (Lipinski definition) is 4. The molecule has 2 aliphatic heterocycles. The molecule has 0 aromatic heterocycles. The molecule has 3 aromatic carbocycles. The summed E-state index contributed by atoms with van der Waals surface area (Å²) in [5.41, 5.74) is 1.92. The fourth-order valence-corrected chi connectivity index (χ4v) is 7.32. The van der Waals surface area contributed by atoms with Crippen LogP contribution in [0.2, 0.25) is 5.02 Å². The Balaban J connectivity index is 1.29. The van der Waals surface area contributed by atoms with Gasteiger partial charge in [-0.25, -0.2) is 0 Å². The number of carbonyl (C=O) groups excluding carboxylic acids is 2. The summed E-state index contributed by atoms with van der Waals surface area (Å²) in [5.74, 6) is 0.717. The molecule has 6 nitrogen and oxygen atoms in total. The molecule has 44 heavy (non-hydrogen) atoms. The number of hydrogen-bond donors (Lipinski definition) is 2. The van der Waals surface area contributed by atoms with Gasteiger partial charge in [0.1, 0.15) is 0 Å². The van der Waals surface area contributed by atoms with Crippen molar-refractivity contribution in [2.24, 2.45) is 5.92 Å². The first kappa shape index (κ1) is 32.5. The molecule has 2 N–H and O–H groups in total. The smallest absolute Gasteiger partial charge is 0.251 e. The van der Waals surface area contributed by atoms with Gasteiger partial charge >= 0.3 is 0 Å². The van der Waals surface area contributed by atoms with Crippen LogP contribution in [-0.2, 0) is 4.79 Å². The third-order valence-electron chi connectivity index (χ3n) is 9.89. The van der Waals surface area contributed by atoms with E-state index in [0.29, 0.717) is 35.6 Å². The molecule has 0 aliphatic carbocycles. The minimum Gasteiger partial charge on any atom is -0.350 e. The molecule has 3 aromatic rings. The molecule has 2 fully saturated rings. The first-order valence-electron chi connectivity index (χ1n) is 16.7. The second-order valence-electron chi connectivity index (χ2n) is 12.9. The molecule has 0 spiro atoms. The quantitative estimate of drug-likeness (QED) is 0.247. The van der Waals surface area contributed by atoms with E-state index in [-0.39, 0.29) is 29.8 Å². The van der Waals surface area contributed by atoms with Crippen molar-refractivity contribution in [3.63, 3.8) is 0 Å². The summed E-state index contributed by atoms with van der Waals surface area (Å²) in [6.07, 6.45) is 6.22. The summed E-state index contributed by atoms with van der Waals surface area (Å²) in [4.78, 5) is 32.2. The monoisotopic (exact) mass is 616 g/mol. The van der Waals surface area contributed by atoms with Crippen molar-refractivity contribution in [1.29, 1.82) is 0 Å². The minimum absolute atomic E-state index is 0.0195. The lowest BCUT2D eigenvalue weighted by Crippen LogP contribution is -2.55. The summed E-state index contributed by atoms with van der Waals surface area (Å²) < 4.78 is 0. The normalized spacial score (nSPS) is 21.6. The Kier molecular flexibility index (Phi) is 11.3. The molecule has 2 saturated heterocycles. The van der Waals surface area contributed by atoms with Gasteiger partial charge in [-0.3, -0.25) is 9.59 Å². The number of benzene rings is 3. The van der Waals surface area contributed by atoms with Crippen LogP contribution in [0.4, 0.5) is 0 Å². The van der Waals surface area contributed by atoms with E-state index in [2.05, 4.69) is 65.5 Å². The highest BCUT2D eigenvalue weighted by Crippen LogP contribution is 2.28. The third kappa shape index (κ3) is 8.01. The van der Waals surface area contributed by atoms with Crippen molar-refractivity contribution < 1.29 is 9.59 Å². The summed E-state index contributed by atoms with van der Waals surface area (Å²) in [5, 5.41) is 9.62. The largest absolute Gasteiger partial charge is 0.350 e. The molecular formula is C37H49ClN4O2. The lowest BCUT2D eigenvalue weighted by molar-refractivity contribution is -0.134. The number of likely N-dealkylation sites (tertiary alicyclic amines) is 1. The Morgan fingerprint density at radius 1 is 0.977 bits per heavy atom. The van der Waals surface area contributed by atoms with Crippen LogP contribution in [0, 0.1) is 5.92 Å². The Labute approximate surface area is 268 Å². The SMILES string of the molecule is CCCC(C)N1CCC([C@H]2N[C@@H](CNC(=O)c3ccc4cc(Cl)ccc4c3)CCN(C[C@@H](CC)c3ccccc3)C2=O)CC1. The number of piperidine rings is 1. The van der Waals surface area contributed by atoms with Gasteiger partial charge in [0.05, 0.1) is 6.04 Å². The Morgan fingerprint density at radius 3 is 2.43 bits per heavy atom. The highest BCUT2D eigenvalue weighted by atomic mass is 35.5. The lowest BCUT2D eigenvalue weighted by atomic mass is 9.87. The second kappa shape index (κ2) is 15.4. The summed E-state index contributed by atoms with van der Waals surface area (Å²) >= 11 is 6.14. The molecule has 0 radical (unpaired) electrons. The van der Waals surface area contributed by atoms with Crippen LogP contribution in [-0.4, -0.2) is 72.5 Å². The number of rotatable bonds is 11. The molecule has 2 amide bonds. The standard InChI is InChI=1S/C37H49ClN4O2/c1-4-9-26(3)41-19-16-29(17-20-41)35-37(44)42(25-27(5-2)28-10-7-6-8-11-28)21-18-34(40-35)24-39-36(43)32-13-12-31-23-33(38)15-14-30(31)22-32/h6-8,10-15,22-23,26-27,29,34-35,40H,4-5,9,16-21,24-25H2,1-3H3,(H,39,43)/t26?,27-,34-,35-/m1/s1. The highest BCUT2D eigenvalue weighted by molar-refractivity contribution is 6.31. The van der Waals surface area contributed by atoms with Gasteiger partial charge in [-0.1, -0.05) is 74.3 Å². The van der Waals surface area contributed by atoms with Crippen molar-refractivity contribution >= 4 is 34.2 Å². The molecule has 0 saturated carbocycles. The minimum atomic E-state index is -0.235. The molecule has 1 unspecified atom stereocenters. The third-order valence-corrected chi connectivity index (χ3v) is 10.1. The predicted octanol–water partition coefficient (Wildman–Crippen LogP) is 6.88. The number of halogens is 1. The van der Waals surface area contributed by atoms with Crippen LogP contribution in [0.3, 0.4) is 0 Å². The van der Waals surface area contributed by atoms with Crippen molar-refractivity contribution in [2.45, 2.75) is 83.3 Å². The zero-order chi connectivity index (χ0) is 31.1. The second-order valence-corrected chi connectivity index (χ2v) is 13.3. The first-order valence-corrected chi connectivity index (χ1v) is 17.0. The molecule has 5 rings (SSSR count). The van der Waals surface area contributed by atoms with E-state index in [4.69, 9.17) is 11.6 Å². The van der Waals surface area contributed by atoms with Crippen LogP contribution >= 0.6 is 11.6 Å². The predicted molar refractivity (Wildman–Crippen MR) is 181 cm³/mol. The maximum absolute atomic E-state index is 14.3.